The Morgan fingerprint density at radius 3 is 2.50 bits per heavy atom. The van der Waals surface area contributed by atoms with Crippen LogP contribution in [0.3, 0.4) is 0 Å². The van der Waals surface area contributed by atoms with Crippen molar-refractivity contribution in [2.24, 2.45) is 5.92 Å². The molecule has 0 unspecified atom stereocenters. The molecule has 1 aliphatic carbocycles. The minimum atomic E-state index is 0.367. The predicted molar refractivity (Wildman–Crippen MR) is 50.1 cm³/mol. The normalized spacial score (nSPS) is 28.7. The Morgan fingerprint density at radius 2 is 2.08 bits per heavy atom. The van der Waals surface area contributed by atoms with Crippen molar-refractivity contribution in [2.75, 3.05) is 0 Å². The summed E-state index contributed by atoms with van der Waals surface area (Å²) in [4.78, 5) is 11.2. The van der Waals surface area contributed by atoms with E-state index in [1.807, 2.05) is 6.92 Å². The average Bonchev–Trinajstić information content (AvgIpc) is 1.94. The third kappa shape index (κ3) is 2.31. The number of carbonyl (C=O) groups is 1. The molecule has 0 bridgehead atoms. The monoisotopic (exact) mass is 169 g/mol. The van der Waals surface area contributed by atoms with Crippen LogP contribution < -0.4 is 5.32 Å². The Labute approximate surface area is 74.7 Å². The molecule has 0 atom stereocenters. The molecule has 1 N–H and O–H groups in total. The maximum Gasteiger partial charge on any atom is 0.135 e. The van der Waals surface area contributed by atoms with E-state index in [1.54, 1.807) is 0 Å². The molecule has 2 nitrogen and oxygen atoms in total. The van der Waals surface area contributed by atoms with Gasteiger partial charge in [-0.3, -0.25) is 4.79 Å². The van der Waals surface area contributed by atoms with E-state index < -0.39 is 0 Å². The van der Waals surface area contributed by atoms with E-state index in [2.05, 4.69) is 19.2 Å². The van der Waals surface area contributed by atoms with E-state index in [0.717, 1.165) is 12.8 Å². The molecule has 0 amide bonds. The smallest absolute Gasteiger partial charge is 0.135 e. The first kappa shape index (κ1) is 9.72. The Morgan fingerprint density at radius 1 is 1.50 bits per heavy atom. The second kappa shape index (κ2) is 4.04. The van der Waals surface area contributed by atoms with Crippen molar-refractivity contribution in [2.45, 2.75) is 52.1 Å². The highest BCUT2D eigenvalue weighted by atomic mass is 16.1. The Balaban J connectivity index is 2.15. The summed E-state index contributed by atoms with van der Waals surface area (Å²) >= 11 is 0. The minimum Gasteiger partial charge on any atom is -0.312 e. The highest BCUT2D eigenvalue weighted by Crippen LogP contribution is 2.29. The molecule has 1 aliphatic rings. The fraction of sp³-hybridized carbons (Fsp3) is 0.900. The second-order valence-electron chi connectivity index (χ2n) is 4.01. The van der Waals surface area contributed by atoms with Gasteiger partial charge >= 0.3 is 0 Å². The molecule has 70 valence electrons. The topological polar surface area (TPSA) is 29.1 Å². The molecular weight excluding hydrogens is 150 g/mol. The van der Waals surface area contributed by atoms with Gasteiger partial charge in [0.05, 0.1) is 0 Å². The summed E-state index contributed by atoms with van der Waals surface area (Å²) in [5.74, 6) is 0.808. The summed E-state index contributed by atoms with van der Waals surface area (Å²) < 4.78 is 0. The van der Waals surface area contributed by atoms with Gasteiger partial charge in [-0.2, -0.15) is 0 Å². The lowest BCUT2D eigenvalue weighted by molar-refractivity contribution is -0.125. The standard InChI is InChI=1S/C10H19NO/c1-4-10(12)8-5-9(6-8)11-7(2)3/h7-9,11H,4-6H2,1-3H3. The van der Waals surface area contributed by atoms with E-state index in [1.165, 1.54) is 0 Å². The minimum absolute atomic E-state index is 0.367. The lowest BCUT2D eigenvalue weighted by atomic mass is 9.76. The van der Waals surface area contributed by atoms with Crippen LogP contribution in [0.5, 0.6) is 0 Å². The maximum atomic E-state index is 11.2. The van der Waals surface area contributed by atoms with Crippen LogP contribution in [0, 0.1) is 5.92 Å². The van der Waals surface area contributed by atoms with Crippen LogP contribution in [0.4, 0.5) is 0 Å². The largest absolute Gasteiger partial charge is 0.312 e. The van der Waals surface area contributed by atoms with E-state index in [-0.39, 0.29) is 0 Å². The lowest BCUT2D eigenvalue weighted by Crippen LogP contribution is -2.46. The molecule has 2 heteroatoms. The van der Waals surface area contributed by atoms with Crippen LogP contribution in [0.15, 0.2) is 0 Å². The number of ketones is 1. The molecule has 0 radical (unpaired) electrons. The zero-order valence-electron chi connectivity index (χ0n) is 8.26. The quantitative estimate of drug-likeness (QED) is 0.694. The first-order valence-electron chi connectivity index (χ1n) is 4.92. The number of Topliss-reactive ketones (excluding diaryl/α,β-unsaturated/α-hetero) is 1. The number of nitrogens with one attached hydrogen (secondary N) is 1. The summed E-state index contributed by atoms with van der Waals surface area (Å²) in [6.07, 6.45) is 2.83. The van der Waals surface area contributed by atoms with Gasteiger partial charge < -0.3 is 5.32 Å². The van der Waals surface area contributed by atoms with E-state index in [9.17, 15) is 4.79 Å². The van der Waals surface area contributed by atoms with Crippen molar-refractivity contribution >= 4 is 5.78 Å². The Bertz CT molecular complexity index is 159. The number of hydrogen-bond donors (Lipinski definition) is 1. The first-order chi connectivity index (χ1) is 5.63. The van der Waals surface area contributed by atoms with Crippen LogP contribution >= 0.6 is 0 Å². The highest BCUT2D eigenvalue weighted by Gasteiger charge is 2.33. The maximum absolute atomic E-state index is 11.2. The molecule has 12 heavy (non-hydrogen) atoms. The van der Waals surface area contributed by atoms with Crippen LogP contribution in [-0.4, -0.2) is 17.9 Å². The second-order valence-corrected chi connectivity index (χ2v) is 4.01. The van der Waals surface area contributed by atoms with Crippen LogP contribution in [0.1, 0.15) is 40.0 Å². The van der Waals surface area contributed by atoms with Crippen molar-refractivity contribution in [3.8, 4) is 0 Å². The number of carbonyl (C=O) groups excluding carboxylic acids is 1. The Kier molecular flexibility index (Phi) is 3.27. The zero-order valence-corrected chi connectivity index (χ0v) is 8.26. The van der Waals surface area contributed by atoms with Crippen molar-refractivity contribution in [1.82, 2.24) is 5.32 Å². The van der Waals surface area contributed by atoms with Crippen molar-refractivity contribution in [1.29, 1.82) is 0 Å². The third-order valence-electron chi connectivity index (χ3n) is 2.51. The molecule has 0 aromatic rings. The Hall–Kier alpha value is -0.370. The van der Waals surface area contributed by atoms with Crippen LogP contribution in [-0.2, 0) is 4.79 Å². The van der Waals surface area contributed by atoms with Crippen molar-refractivity contribution in [3.05, 3.63) is 0 Å². The lowest BCUT2D eigenvalue weighted by Gasteiger charge is -2.36. The van der Waals surface area contributed by atoms with Gasteiger partial charge in [0.25, 0.3) is 0 Å². The highest BCUT2D eigenvalue weighted by molar-refractivity contribution is 5.81. The van der Waals surface area contributed by atoms with Gasteiger partial charge in [-0.05, 0) is 12.8 Å². The molecule has 1 rings (SSSR count). The zero-order chi connectivity index (χ0) is 9.14. The molecule has 0 heterocycles. The summed E-state index contributed by atoms with van der Waals surface area (Å²) in [5.41, 5.74) is 0. The van der Waals surface area contributed by atoms with Crippen LogP contribution in [0.2, 0.25) is 0 Å². The SMILES string of the molecule is CCC(=O)C1CC(NC(C)C)C1. The summed E-state index contributed by atoms with van der Waals surface area (Å²) in [6.45, 7) is 6.25. The summed E-state index contributed by atoms with van der Waals surface area (Å²) in [6, 6.07) is 1.15. The van der Waals surface area contributed by atoms with E-state index in [4.69, 9.17) is 0 Å². The average molecular weight is 169 g/mol. The molecule has 0 spiro atoms. The predicted octanol–water partition coefficient (Wildman–Crippen LogP) is 1.74. The van der Waals surface area contributed by atoms with Gasteiger partial charge in [0.2, 0.25) is 0 Å². The molecule has 0 saturated heterocycles. The molecular formula is C10H19NO. The van der Waals surface area contributed by atoms with Gasteiger partial charge in [0, 0.05) is 24.4 Å². The molecule has 1 fully saturated rings. The van der Waals surface area contributed by atoms with E-state index in [0.29, 0.717) is 30.2 Å². The summed E-state index contributed by atoms with van der Waals surface area (Å²) in [7, 11) is 0. The number of rotatable bonds is 4. The van der Waals surface area contributed by atoms with Gasteiger partial charge in [0.1, 0.15) is 5.78 Å². The third-order valence-corrected chi connectivity index (χ3v) is 2.51. The fourth-order valence-corrected chi connectivity index (χ4v) is 1.78. The van der Waals surface area contributed by atoms with Crippen molar-refractivity contribution < 1.29 is 4.79 Å². The molecule has 0 aromatic heterocycles. The number of hydrogen-bond acceptors (Lipinski definition) is 2. The first-order valence-corrected chi connectivity index (χ1v) is 4.92. The van der Waals surface area contributed by atoms with Gasteiger partial charge in [0.15, 0.2) is 0 Å². The fourth-order valence-electron chi connectivity index (χ4n) is 1.78. The molecule has 0 aromatic carbocycles. The van der Waals surface area contributed by atoms with E-state index >= 15 is 0 Å². The van der Waals surface area contributed by atoms with Gasteiger partial charge in [-0.25, -0.2) is 0 Å². The molecule has 1 saturated carbocycles. The van der Waals surface area contributed by atoms with Gasteiger partial charge in [-0.1, -0.05) is 20.8 Å². The van der Waals surface area contributed by atoms with Gasteiger partial charge in [-0.15, -0.1) is 0 Å². The summed E-state index contributed by atoms with van der Waals surface area (Å²) in [5, 5.41) is 3.44. The van der Waals surface area contributed by atoms with Crippen molar-refractivity contribution in [3.63, 3.8) is 0 Å². The van der Waals surface area contributed by atoms with Crippen LogP contribution in [0.25, 0.3) is 0 Å². The molecule has 0 aliphatic heterocycles.